The first kappa shape index (κ1) is 29.4. The largest absolute Gasteiger partial charge is 0.397 e. The van der Waals surface area contributed by atoms with Crippen LogP contribution >= 0.6 is 0 Å². The molecule has 0 unspecified atom stereocenters. The smallest absolute Gasteiger partial charge is 0.355 e. The lowest BCUT2D eigenvalue weighted by Crippen LogP contribution is -2.54. The van der Waals surface area contributed by atoms with Gasteiger partial charge in [-0.1, -0.05) is 13.0 Å². The Bertz CT molecular complexity index is 1990. The summed E-state index contributed by atoms with van der Waals surface area (Å²) in [6, 6.07) is 5.79. The number of fused-ring (bicyclic) bond motifs is 1. The minimum Gasteiger partial charge on any atom is -0.397 e. The van der Waals surface area contributed by atoms with E-state index in [4.69, 9.17) is 5.73 Å². The monoisotopic (exact) mass is 618 g/mol. The van der Waals surface area contributed by atoms with Crippen LogP contribution in [-0.2, 0) is 14.6 Å². The first-order chi connectivity index (χ1) is 21.0. The molecule has 0 aromatic carbocycles. The second-order valence-corrected chi connectivity index (χ2v) is 13.1. The number of sulfone groups is 1. The molecule has 1 saturated carbocycles. The lowest BCUT2D eigenvalue weighted by Gasteiger charge is -2.40. The number of nitrogens with zero attached hydrogens (tertiary/aromatic N) is 7. The molecule has 1 saturated heterocycles. The Morgan fingerprint density at radius 2 is 1.91 bits per heavy atom. The predicted molar refractivity (Wildman–Crippen MR) is 164 cm³/mol. The summed E-state index contributed by atoms with van der Waals surface area (Å²) in [5.74, 6) is -0.806. The SMILES string of the molecule is C=CC(=O)N1CCN(c2nc(=O)n(-c3c(C4CCC4)ccnc3S(C)(=O)=O)c3nc(-c4ncccc4N)c(F)cc23)[C@@H](C)C1. The van der Waals surface area contributed by atoms with Crippen LogP contribution in [0.2, 0.25) is 0 Å². The molecule has 12 nitrogen and oxygen atoms in total. The molecular weight excluding hydrogens is 587 g/mol. The highest BCUT2D eigenvalue weighted by Gasteiger charge is 2.33. The van der Waals surface area contributed by atoms with Gasteiger partial charge in [0, 0.05) is 44.3 Å². The normalized spacial score (nSPS) is 17.5. The molecule has 228 valence electrons. The number of hydrogen-bond donors (Lipinski definition) is 1. The number of hydrogen-bond acceptors (Lipinski definition) is 10. The molecular formula is C30H31FN8O4S. The molecule has 1 amide bonds. The van der Waals surface area contributed by atoms with Crippen molar-refractivity contribution >= 4 is 38.3 Å². The van der Waals surface area contributed by atoms with Crippen molar-refractivity contribution in [2.24, 2.45) is 0 Å². The number of rotatable bonds is 6. The number of halogens is 1. The van der Waals surface area contributed by atoms with Gasteiger partial charge >= 0.3 is 5.69 Å². The lowest BCUT2D eigenvalue weighted by molar-refractivity contribution is -0.126. The summed E-state index contributed by atoms with van der Waals surface area (Å²) in [5.41, 5.74) is 6.05. The Morgan fingerprint density at radius 3 is 2.55 bits per heavy atom. The number of carbonyl (C=O) groups excluding carboxylic acids is 1. The third kappa shape index (κ3) is 4.98. The minimum absolute atomic E-state index is 0.00280. The summed E-state index contributed by atoms with van der Waals surface area (Å²) in [7, 11) is -3.93. The molecule has 44 heavy (non-hydrogen) atoms. The number of amides is 1. The van der Waals surface area contributed by atoms with Gasteiger partial charge in [-0.05, 0) is 61.6 Å². The maximum absolute atomic E-state index is 16.0. The van der Waals surface area contributed by atoms with Crippen molar-refractivity contribution in [3.63, 3.8) is 0 Å². The van der Waals surface area contributed by atoms with Crippen LogP contribution in [0.3, 0.4) is 0 Å². The van der Waals surface area contributed by atoms with Crippen LogP contribution < -0.4 is 16.3 Å². The number of anilines is 2. The number of nitrogen functional groups attached to an aromatic ring is 1. The number of nitrogens with two attached hydrogens (primary N) is 1. The maximum atomic E-state index is 16.0. The molecule has 0 bridgehead atoms. The van der Waals surface area contributed by atoms with Crippen LogP contribution in [0.25, 0.3) is 28.1 Å². The van der Waals surface area contributed by atoms with Crippen molar-refractivity contribution < 1.29 is 17.6 Å². The second-order valence-electron chi connectivity index (χ2n) is 11.2. The van der Waals surface area contributed by atoms with Crippen LogP contribution in [0.4, 0.5) is 15.9 Å². The van der Waals surface area contributed by atoms with E-state index in [-0.39, 0.29) is 62.5 Å². The van der Waals surface area contributed by atoms with Crippen LogP contribution in [0, 0.1) is 5.82 Å². The number of carbonyl (C=O) groups is 1. The predicted octanol–water partition coefficient (Wildman–Crippen LogP) is 2.85. The molecule has 2 fully saturated rings. The van der Waals surface area contributed by atoms with E-state index in [0.717, 1.165) is 30.1 Å². The van der Waals surface area contributed by atoms with Gasteiger partial charge < -0.3 is 15.5 Å². The fraction of sp³-hybridized carbons (Fsp3) is 0.333. The molecule has 0 spiro atoms. The van der Waals surface area contributed by atoms with Crippen molar-refractivity contribution in [2.45, 2.75) is 43.2 Å². The second kappa shape index (κ2) is 11.1. The summed E-state index contributed by atoms with van der Waals surface area (Å²) >= 11 is 0. The third-order valence-corrected chi connectivity index (χ3v) is 9.29. The summed E-state index contributed by atoms with van der Waals surface area (Å²) < 4.78 is 43.2. The van der Waals surface area contributed by atoms with Gasteiger partial charge in [-0.3, -0.25) is 9.78 Å². The summed E-state index contributed by atoms with van der Waals surface area (Å²) in [4.78, 5) is 47.3. The van der Waals surface area contributed by atoms with Gasteiger partial charge in [0.25, 0.3) is 0 Å². The van der Waals surface area contributed by atoms with Gasteiger partial charge in [-0.15, -0.1) is 0 Å². The van der Waals surface area contributed by atoms with E-state index in [1.165, 1.54) is 24.5 Å². The molecule has 1 aliphatic carbocycles. The van der Waals surface area contributed by atoms with E-state index < -0.39 is 21.3 Å². The van der Waals surface area contributed by atoms with Gasteiger partial charge in [-0.25, -0.2) is 32.1 Å². The minimum atomic E-state index is -3.93. The molecule has 4 aromatic heterocycles. The average molecular weight is 619 g/mol. The van der Waals surface area contributed by atoms with Gasteiger partial charge in [0.2, 0.25) is 5.91 Å². The first-order valence-corrected chi connectivity index (χ1v) is 16.1. The topological polar surface area (TPSA) is 157 Å². The molecule has 1 atom stereocenters. The Balaban J connectivity index is 1.67. The van der Waals surface area contributed by atoms with Crippen LogP contribution in [-0.4, -0.2) is 75.7 Å². The highest BCUT2D eigenvalue weighted by atomic mass is 32.2. The molecule has 2 aliphatic rings. The Morgan fingerprint density at radius 1 is 1.14 bits per heavy atom. The molecule has 6 rings (SSSR count). The molecule has 0 radical (unpaired) electrons. The van der Waals surface area contributed by atoms with Crippen molar-refractivity contribution in [3.05, 3.63) is 71.2 Å². The Hall–Kier alpha value is -4.72. The summed E-state index contributed by atoms with van der Waals surface area (Å²) in [6.45, 7) is 6.38. The van der Waals surface area contributed by atoms with Crippen molar-refractivity contribution in [1.29, 1.82) is 0 Å². The molecule has 5 heterocycles. The fourth-order valence-electron chi connectivity index (χ4n) is 5.90. The Labute approximate surface area is 253 Å². The van der Waals surface area contributed by atoms with Crippen LogP contribution in [0.1, 0.15) is 37.7 Å². The quantitative estimate of drug-likeness (QED) is 0.319. The van der Waals surface area contributed by atoms with Gasteiger partial charge in [0.15, 0.2) is 26.3 Å². The van der Waals surface area contributed by atoms with E-state index in [1.807, 2.05) is 11.8 Å². The van der Waals surface area contributed by atoms with E-state index in [0.29, 0.717) is 25.2 Å². The molecule has 14 heteroatoms. The summed E-state index contributed by atoms with van der Waals surface area (Å²) in [6.07, 6.45) is 7.71. The maximum Gasteiger partial charge on any atom is 0.355 e. The van der Waals surface area contributed by atoms with Gasteiger partial charge in [0.05, 0.1) is 16.8 Å². The zero-order valence-corrected chi connectivity index (χ0v) is 25.1. The van der Waals surface area contributed by atoms with Gasteiger partial charge in [0.1, 0.15) is 17.2 Å². The van der Waals surface area contributed by atoms with E-state index >= 15 is 4.39 Å². The Kier molecular flexibility index (Phi) is 7.40. The number of aromatic nitrogens is 5. The van der Waals surface area contributed by atoms with Crippen LogP contribution in [0.15, 0.2) is 59.1 Å². The molecule has 1 aliphatic heterocycles. The third-order valence-electron chi connectivity index (χ3n) is 8.29. The molecule has 4 aromatic rings. The highest BCUT2D eigenvalue weighted by molar-refractivity contribution is 7.90. The zero-order valence-electron chi connectivity index (χ0n) is 24.3. The lowest BCUT2D eigenvalue weighted by atomic mass is 9.79. The molecule has 2 N–H and O–H groups in total. The van der Waals surface area contributed by atoms with E-state index in [1.54, 1.807) is 23.1 Å². The number of pyridine rings is 3. The van der Waals surface area contributed by atoms with Crippen LogP contribution in [0.5, 0.6) is 0 Å². The summed E-state index contributed by atoms with van der Waals surface area (Å²) in [5, 5.41) is -0.117. The average Bonchev–Trinajstić information content (AvgIpc) is 2.95. The zero-order chi connectivity index (χ0) is 31.3. The van der Waals surface area contributed by atoms with Crippen molar-refractivity contribution in [2.75, 3.05) is 36.5 Å². The highest BCUT2D eigenvalue weighted by Crippen LogP contribution is 2.41. The van der Waals surface area contributed by atoms with Gasteiger partial charge in [-0.2, -0.15) is 4.98 Å². The number of piperazine rings is 1. The fourth-order valence-corrected chi connectivity index (χ4v) is 6.72. The van der Waals surface area contributed by atoms with Crippen molar-refractivity contribution in [1.82, 2.24) is 29.4 Å². The first-order valence-electron chi connectivity index (χ1n) is 14.2. The van der Waals surface area contributed by atoms with E-state index in [9.17, 15) is 18.0 Å². The van der Waals surface area contributed by atoms with E-state index in [2.05, 4.69) is 26.5 Å². The van der Waals surface area contributed by atoms with Crippen molar-refractivity contribution in [3.8, 4) is 17.1 Å². The standard InChI is InChI=1S/C30H31FN8O4S/c1-4-23(40)37-13-14-38(17(2)16-37)27-20-15-21(31)24(25-22(32)9-6-11-33-25)35-28(20)39(30(41)36-27)26-19(18-7-5-8-18)10-12-34-29(26)44(3,42)43/h4,6,9-12,15,17-18H,1,5,7-8,13-14,16,32H2,2-3H3/t17-/m0/s1.